The molecule has 3 heteroatoms. The first kappa shape index (κ1) is 18.2. The van der Waals surface area contributed by atoms with Crippen LogP contribution in [-0.2, 0) is 18.9 Å². The summed E-state index contributed by atoms with van der Waals surface area (Å²) in [5, 5.41) is 0. The molecule has 0 spiro atoms. The normalized spacial score (nSPS) is 5.58. The van der Waals surface area contributed by atoms with Crippen LogP contribution in [-0.4, -0.2) is 4.98 Å². The van der Waals surface area contributed by atoms with Crippen LogP contribution >= 0.6 is 13.0 Å². The molecule has 0 aliphatic heterocycles. The van der Waals surface area contributed by atoms with E-state index >= 15 is 0 Å². The number of rotatable bonds is 0. The Morgan fingerprint density at radius 1 is 0.917 bits per heavy atom. The van der Waals surface area contributed by atoms with Gasteiger partial charge in [-0.2, -0.15) is 13.8 Å². The second-order valence-electron chi connectivity index (χ2n) is 1.02. The number of hydrogen-bond donors (Lipinski definition) is 0. The summed E-state index contributed by atoms with van der Waals surface area (Å²) in [6, 6.07) is 5.72. The minimum atomic E-state index is 1.75. The molecule has 0 saturated carbocycles. The van der Waals surface area contributed by atoms with Crippen LogP contribution in [0.3, 0.4) is 0 Å². The van der Waals surface area contributed by atoms with Crippen molar-refractivity contribution in [2.24, 2.45) is 0 Å². The summed E-state index contributed by atoms with van der Waals surface area (Å²) in [6.45, 7) is 10.0. The molecule has 0 unspecified atom stereocenters. The van der Waals surface area contributed by atoms with E-state index in [0.29, 0.717) is 0 Å². The average Bonchev–Trinajstić information content (AvgIpc) is 2.29. The van der Waals surface area contributed by atoms with Gasteiger partial charge in [-0.05, 0) is 12.1 Å². The summed E-state index contributed by atoms with van der Waals surface area (Å²) in [7, 11) is 0. The monoisotopic (exact) mass is 413 g/mol. The Balaban J connectivity index is -0.000000117. The smallest absolute Gasteiger partial charge is 0.0267 e. The SMILES string of the molecule is [Br][Au].[CH2-]C.[CH2-]C.c1ccncc1. The molecule has 76 valence electrons. The van der Waals surface area contributed by atoms with Gasteiger partial charge in [-0.1, -0.05) is 6.07 Å². The second-order valence-corrected chi connectivity index (χ2v) is 1.02. The summed E-state index contributed by atoms with van der Waals surface area (Å²) in [5.41, 5.74) is 0. The van der Waals surface area contributed by atoms with Crippen LogP contribution in [0.5, 0.6) is 0 Å². The first-order valence-electron chi connectivity index (χ1n) is 3.38. The van der Waals surface area contributed by atoms with Crippen LogP contribution < -0.4 is 0 Å². The van der Waals surface area contributed by atoms with Gasteiger partial charge in [-0.3, -0.25) is 4.98 Å². The maximum atomic E-state index is 3.78. The molecular formula is C9H15AuBrN-2. The summed E-state index contributed by atoms with van der Waals surface area (Å²) in [5.74, 6) is 0. The zero-order valence-corrected chi connectivity index (χ0v) is 11.2. The molecule has 0 radical (unpaired) electrons. The van der Waals surface area contributed by atoms with Crippen molar-refractivity contribution in [1.82, 2.24) is 4.98 Å². The molecule has 0 bridgehead atoms. The Labute approximate surface area is 94.9 Å². The number of aromatic nitrogens is 1. The van der Waals surface area contributed by atoms with Gasteiger partial charge >= 0.3 is 32.0 Å². The molecule has 12 heavy (non-hydrogen) atoms. The van der Waals surface area contributed by atoms with Gasteiger partial charge < -0.3 is 13.8 Å². The Bertz CT molecular complexity index is 86.5. The molecular weight excluding hydrogens is 399 g/mol. The Hall–Kier alpha value is 0.370. The molecule has 1 rings (SSSR count). The number of hydrogen-bond acceptors (Lipinski definition) is 1. The van der Waals surface area contributed by atoms with Crippen molar-refractivity contribution in [2.45, 2.75) is 13.8 Å². The molecule has 0 atom stereocenters. The summed E-state index contributed by atoms with van der Waals surface area (Å²) in [4.78, 5) is 3.78. The molecule has 0 amide bonds. The molecule has 0 aromatic carbocycles. The Kier molecular flexibility index (Phi) is 45.7. The van der Waals surface area contributed by atoms with Gasteiger partial charge in [0.15, 0.2) is 0 Å². The summed E-state index contributed by atoms with van der Waals surface area (Å²) < 4.78 is 0. The summed E-state index contributed by atoms with van der Waals surface area (Å²) in [6.07, 6.45) is 3.50. The van der Waals surface area contributed by atoms with Gasteiger partial charge in [0, 0.05) is 12.4 Å². The predicted octanol–water partition coefficient (Wildman–Crippen LogP) is 3.61. The number of pyridine rings is 1. The zero-order chi connectivity index (χ0) is 10.2. The van der Waals surface area contributed by atoms with Gasteiger partial charge in [0.05, 0.1) is 0 Å². The fraction of sp³-hybridized carbons (Fsp3) is 0.222. The molecule has 0 fully saturated rings. The predicted molar refractivity (Wildman–Crippen MR) is 55.2 cm³/mol. The molecule has 1 aromatic rings. The number of nitrogens with zero attached hydrogens (tertiary/aromatic N) is 1. The van der Waals surface area contributed by atoms with E-state index < -0.39 is 0 Å². The van der Waals surface area contributed by atoms with Crippen molar-refractivity contribution in [2.75, 3.05) is 0 Å². The average molecular weight is 414 g/mol. The maximum absolute atomic E-state index is 3.78. The van der Waals surface area contributed by atoms with Crippen molar-refractivity contribution >= 4 is 13.0 Å². The largest absolute Gasteiger partial charge is 0.346 e. The molecule has 1 aromatic heterocycles. The third kappa shape index (κ3) is 22.4. The van der Waals surface area contributed by atoms with Crippen LogP contribution in [0.2, 0.25) is 0 Å². The van der Waals surface area contributed by atoms with E-state index in [1.54, 1.807) is 26.2 Å². The third-order valence-electron chi connectivity index (χ3n) is 0.566. The van der Waals surface area contributed by atoms with Crippen molar-refractivity contribution in [1.29, 1.82) is 0 Å². The van der Waals surface area contributed by atoms with E-state index in [-0.39, 0.29) is 0 Å². The topological polar surface area (TPSA) is 12.9 Å². The van der Waals surface area contributed by atoms with E-state index in [4.69, 9.17) is 0 Å². The van der Waals surface area contributed by atoms with E-state index in [0.717, 1.165) is 0 Å². The van der Waals surface area contributed by atoms with Crippen molar-refractivity contribution in [3.8, 4) is 0 Å². The molecule has 0 aliphatic carbocycles. The van der Waals surface area contributed by atoms with Gasteiger partial charge in [0.1, 0.15) is 0 Å². The molecule has 1 nitrogen and oxygen atoms in total. The van der Waals surface area contributed by atoms with Crippen LogP contribution in [0.15, 0.2) is 30.6 Å². The molecule has 0 aliphatic rings. The second kappa shape index (κ2) is 30.1. The quantitative estimate of drug-likeness (QED) is 0.467. The van der Waals surface area contributed by atoms with E-state index in [1.165, 1.54) is 0 Å². The molecule has 0 N–H and O–H groups in total. The zero-order valence-electron chi connectivity index (χ0n) is 7.43. The van der Waals surface area contributed by atoms with Gasteiger partial charge in [0.25, 0.3) is 0 Å². The fourth-order valence-electron chi connectivity index (χ4n) is 0.313. The van der Waals surface area contributed by atoms with Crippen LogP contribution in [0.25, 0.3) is 0 Å². The van der Waals surface area contributed by atoms with Crippen molar-refractivity contribution in [3.05, 3.63) is 44.4 Å². The maximum Gasteiger partial charge on any atom is 0.0267 e. The fourth-order valence-corrected chi connectivity index (χ4v) is 0.313. The standard InChI is InChI=1S/C5H5N.2C2H5.Au.BrH/c1-2-4-6-5-3-1;2*1-2;;/h1-5H;2*1H2,2H3;;1H/q;2*-1;+1;/p-1. The Morgan fingerprint density at radius 3 is 1.33 bits per heavy atom. The number of halogens is 1. The van der Waals surface area contributed by atoms with E-state index in [9.17, 15) is 0 Å². The van der Waals surface area contributed by atoms with Crippen LogP contribution in [0.4, 0.5) is 0 Å². The Morgan fingerprint density at radius 2 is 1.25 bits per heavy atom. The molecule has 1 heterocycles. The first-order valence-corrected chi connectivity index (χ1v) is 8.11. The van der Waals surface area contributed by atoms with Crippen LogP contribution in [0, 0.1) is 13.8 Å². The summed E-state index contributed by atoms with van der Waals surface area (Å²) >= 11 is 4.97. The van der Waals surface area contributed by atoms with Crippen molar-refractivity contribution in [3.63, 3.8) is 0 Å². The van der Waals surface area contributed by atoms with Crippen LogP contribution in [0.1, 0.15) is 13.8 Å². The van der Waals surface area contributed by atoms with Gasteiger partial charge in [0.2, 0.25) is 0 Å². The van der Waals surface area contributed by atoms with E-state index in [2.05, 4.69) is 50.8 Å². The van der Waals surface area contributed by atoms with Gasteiger partial charge in [-0.25, -0.2) is 0 Å². The van der Waals surface area contributed by atoms with Crippen molar-refractivity contribution < 1.29 is 18.9 Å². The van der Waals surface area contributed by atoms with Gasteiger partial charge in [-0.15, -0.1) is 0 Å². The third-order valence-corrected chi connectivity index (χ3v) is 0.566. The first-order chi connectivity index (χ1) is 6.00. The minimum absolute atomic E-state index is 1.75. The van der Waals surface area contributed by atoms with E-state index in [1.807, 2.05) is 18.2 Å². The molecule has 0 saturated heterocycles. The minimum Gasteiger partial charge on any atom is -0.346 e.